The first-order valence-electron chi connectivity index (χ1n) is 8.76. The van der Waals surface area contributed by atoms with Gasteiger partial charge in [0.1, 0.15) is 5.69 Å². The zero-order valence-electron chi connectivity index (χ0n) is 15.1. The highest BCUT2D eigenvalue weighted by atomic mass is 35.5. The van der Waals surface area contributed by atoms with E-state index in [4.69, 9.17) is 11.6 Å². The van der Waals surface area contributed by atoms with Crippen LogP contribution in [-0.4, -0.2) is 41.8 Å². The van der Waals surface area contributed by atoms with Gasteiger partial charge in [0, 0.05) is 42.0 Å². The third-order valence-electron chi connectivity index (χ3n) is 5.20. The minimum atomic E-state index is -0.593. The number of aromatic nitrogens is 1. The van der Waals surface area contributed by atoms with Gasteiger partial charge in [0.05, 0.1) is 0 Å². The molecular weight excluding hydrogens is 357 g/mol. The molecule has 1 fully saturated rings. The molecule has 26 heavy (non-hydrogen) atoms. The van der Waals surface area contributed by atoms with Crippen LogP contribution in [0.3, 0.4) is 0 Å². The van der Waals surface area contributed by atoms with Gasteiger partial charge in [0.25, 0.3) is 5.91 Å². The number of hydrogen-bond acceptors (Lipinski definition) is 2. The molecule has 0 radical (unpaired) electrons. The number of halogens is 2. The van der Waals surface area contributed by atoms with Crippen molar-refractivity contribution in [1.82, 2.24) is 15.2 Å². The molecule has 0 aliphatic heterocycles. The molecule has 2 N–H and O–H groups in total. The van der Waals surface area contributed by atoms with Crippen molar-refractivity contribution in [3.63, 3.8) is 0 Å². The Bertz CT molecular complexity index is 849. The summed E-state index contributed by atoms with van der Waals surface area (Å²) in [6.07, 6.45) is 2.13. The standard InChI is InChI=1S/C19H23ClFN3O2/c1-10-8-11(19(26)24(2)3)4-6-14(10)23-18(25)17-16(21)13-9-12(20)5-7-15(13)22-17/h5,7,9-11,14,22H,4,6,8H2,1-3H3,(H,23,25)/t10-,11+,14+/m1/s1. The number of benzene rings is 1. The van der Waals surface area contributed by atoms with Gasteiger partial charge in [-0.2, -0.15) is 0 Å². The van der Waals surface area contributed by atoms with E-state index in [2.05, 4.69) is 10.3 Å². The molecule has 1 saturated carbocycles. The maximum atomic E-state index is 14.6. The van der Waals surface area contributed by atoms with Crippen molar-refractivity contribution in [3.8, 4) is 0 Å². The second kappa shape index (κ2) is 7.27. The van der Waals surface area contributed by atoms with E-state index in [1.165, 1.54) is 6.07 Å². The molecule has 1 aliphatic carbocycles. The minimum absolute atomic E-state index is 0.0138. The lowest BCUT2D eigenvalue weighted by Crippen LogP contribution is -2.45. The predicted molar refractivity (Wildman–Crippen MR) is 99.7 cm³/mol. The Hall–Kier alpha value is -2.08. The van der Waals surface area contributed by atoms with Crippen LogP contribution in [0.5, 0.6) is 0 Å². The van der Waals surface area contributed by atoms with Gasteiger partial charge in [-0.15, -0.1) is 0 Å². The largest absolute Gasteiger partial charge is 0.349 e. The second-order valence-electron chi connectivity index (χ2n) is 7.30. The molecule has 1 heterocycles. The maximum absolute atomic E-state index is 14.6. The van der Waals surface area contributed by atoms with Crippen LogP contribution in [0.2, 0.25) is 5.02 Å². The van der Waals surface area contributed by atoms with E-state index in [9.17, 15) is 14.0 Å². The molecule has 3 rings (SSSR count). The molecule has 1 aliphatic rings. The molecule has 5 nitrogen and oxygen atoms in total. The lowest BCUT2D eigenvalue weighted by atomic mass is 9.78. The number of hydrogen-bond donors (Lipinski definition) is 2. The molecule has 0 spiro atoms. The molecule has 1 aromatic carbocycles. The first-order chi connectivity index (χ1) is 12.3. The Balaban J connectivity index is 1.71. The number of rotatable bonds is 3. The number of nitrogens with zero attached hydrogens (tertiary/aromatic N) is 1. The maximum Gasteiger partial charge on any atom is 0.271 e. The third kappa shape index (κ3) is 3.56. The zero-order valence-corrected chi connectivity index (χ0v) is 15.9. The van der Waals surface area contributed by atoms with Crippen LogP contribution in [0, 0.1) is 17.7 Å². The van der Waals surface area contributed by atoms with Crippen LogP contribution in [0.25, 0.3) is 10.9 Å². The third-order valence-corrected chi connectivity index (χ3v) is 5.44. The fraction of sp³-hybridized carbons (Fsp3) is 0.474. The SMILES string of the molecule is C[C@@H]1C[C@@H](C(=O)N(C)C)CC[C@@H]1NC(=O)c1[nH]c2ccc(Cl)cc2c1F. The van der Waals surface area contributed by atoms with Crippen molar-refractivity contribution in [3.05, 3.63) is 34.7 Å². The lowest BCUT2D eigenvalue weighted by molar-refractivity contribution is -0.134. The topological polar surface area (TPSA) is 65.2 Å². The first kappa shape index (κ1) is 18.7. The normalized spacial score (nSPS) is 23.0. The van der Waals surface area contributed by atoms with E-state index in [1.807, 2.05) is 6.92 Å². The summed E-state index contributed by atoms with van der Waals surface area (Å²) in [6, 6.07) is 4.72. The van der Waals surface area contributed by atoms with E-state index in [0.717, 1.165) is 6.42 Å². The predicted octanol–water partition coefficient (Wildman–Crippen LogP) is 3.58. The molecule has 2 amide bonds. The zero-order chi connectivity index (χ0) is 19.0. The highest BCUT2D eigenvalue weighted by molar-refractivity contribution is 6.31. The molecule has 0 bridgehead atoms. The monoisotopic (exact) mass is 379 g/mol. The molecule has 140 valence electrons. The fourth-order valence-corrected chi connectivity index (χ4v) is 3.90. The Morgan fingerprint density at radius 2 is 2.04 bits per heavy atom. The highest BCUT2D eigenvalue weighted by Crippen LogP contribution is 2.31. The van der Waals surface area contributed by atoms with Crippen molar-refractivity contribution in [2.24, 2.45) is 11.8 Å². The van der Waals surface area contributed by atoms with Gasteiger partial charge >= 0.3 is 0 Å². The van der Waals surface area contributed by atoms with Crippen LogP contribution >= 0.6 is 11.6 Å². The summed E-state index contributed by atoms with van der Waals surface area (Å²) in [5.41, 5.74) is 0.450. The van der Waals surface area contributed by atoms with Gasteiger partial charge in [0.15, 0.2) is 5.82 Å². The number of carbonyl (C=O) groups excluding carboxylic acids is 2. The molecule has 0 saturated heterocycles. The average Bonchev–Trinajstić information content (AvgIpc) is 2.92. The summed E-state index contributed by atoms with van der Waals surface area (Å²) in [5, 5.41) is 3.64. The summed E-state index contributed by atoms with van der Waals surface area (Å²) < 4.78 is 14.6. The number of amides is 2. The van der Waals surface area contributed by atoms with Crippen LogP contribution in [0.15, 0.2) is 18.2 Å². The smallest absolute Gasteiger partial charge is 0.271 e. The Morgan fingerprint density at radius 1 is 1.31 bits per heavy atom. The van der Waals surface area contributed by atoms with Gasteiger partial charge in [-0.05, 0) is 43.4 Å². The summed E-state index contributed by atoms with van der Waals surface area (Å²) >= 11 is 5.90. The summed E-state index contributed by atoms with van der Waals surface area (Å²) in [6.45, 7) is 2.02. The van der Waals surface area contributed by atoms with Crippen molar-refractivity contribution in [2.75, 3.05) is 14.1 Å². The summed E-state index contributed by atoms with van der Waals surface area (Å²) in [5.74, 6) is -0.808. The lowest BCUT2D eigenvalue weighted by Gasteiger charge is -2.34. The molecular formula is C19H23ClFN3O2. The molecule has 3 atom stereocenters. The van der Waals surface area contributed by atoms with Crippen LogP contribution in [-0.2, 0) is 4.79 Å². The van der Waals surface area contributed by atoms with Crippen LogP contribution in [0.1, 0.15) is 36.7 Å². The Labute approximate surface area is 156 Å². The number of H-pyrrole nitrogens is 1. The molecule has 0 unspecified atom stereocenters. The number of aromatic amines is 1. The van der Waals surface area contributed by atoms with Gasteiger partial charge in [-0.1, -0.05) is 18.5 Å². The van der Waals surface area contributed by atoms with Gasteiger partial charge in [-0.3, -0.25) is 9.59 Å². The van der Waals surface area contributed by atoms with Crippen molar-refractivity contribution < 1.29 is 14.0 Å². The van der Waals surface area contributed by atoms with Crippen molar-refractivity contribution in [2.45, 2.75) is 32.2 Å². The van der Waals surface area contributed by atoms with Crippen LogP contribution in [0.4, 0.5) is 4.39 Å². The number of nitrogens with one attached hydrogen (secondary N) is 2. The Kier molecular flexibility index (Phi) is 5.23. The van der Waals surface area contributed by atoms with Gasteiger partial charge in [0.2, 0.25) is 5.91 Å². The van der Waals surface area contributed by atoms with Crippen molar-refractivity contribution >= 4 is 34.3 Å². The van der Waals surface area contributed by atoms with Crippen LogP contribution < -0.4 is 5.32 Å². The van der Waals surface area contributed by atoms with E-state index < -0.39 is 11.7 Å². The second-order valence-corrected chi connectivity index (χ2v) is 7.74. The minimum Gasteiger partial charge on any atom is -0.349 e. The first-order valence-corrected chi connectivity index (χ1v) is 9.14. The van der Waals surface area contributed by atoms with E-state index in [-0.39, 0.29) is 29.5 Å². The fourth-order valence-electron chi connectivity index (χ4n) is 3.73. The average molecular weight is 380 g/mol. The molecule has 1 aromatic heterocycles. The van der Waals surface area contributed by atoms with E-state index >= 15 is 0 Å². The molecule has 7 heteroatoms. The van der Waals surface area contributed by atoms with Crippen molar-refractivity contribution in [1.29, 1.82) is 0 Å². The highest BCUT2D eigenvalue weighted by Gasteiger charge is 2.33. The van der Waals surface area contributed by atoms with Gasteiger partial charge < -0.3 is 15.2 Å². The Morgan fingerprint density at radius 3 is 2.69 bits per heavy atom. The van der Waals surface area contributed by atoms with E-state index in [1.54, 1.807) is 31.1 Å². The van der Waals surface area contributed by atoms with Gasteiger partial charge in [-0.25, -0.2) is 4.39 Å². The summed E-state index contributed by atoms with van der Waals surface area (Å²) in [4.78, 5) is 29.1. The van der Waals surface area contributed by atoms with E-state index in [0.29, 0.717) is 28.8 Å². The number of fused-ring (bicyclic) bond motifs is 1. The molecule has 2 aromatic rings. The quantitative estimate of drug-likeness (QED) is 0.856. The summed E-state index contributed by atoms with van der Waals surface area (Å²) in [7, 11) is 3.51. The number of carbonyl (C=O) groups is 2.